The molecule has 0 atom stereocenters. The number of hydrogen-bond donors (Lipinski definition) is 1. The van der Waals surface area contributed by atoms with Crippen LogP contribution in [0.4, 0.5) is 4.39 Å². The zero-order valence-corrected chi connectivity index (χ0v) is 12.5. The molecule has 0 saturated heterocycles. The van der Waals surface area contributed by atoms with Crippen LogP contribution in [0.2, 0.25) is 10.0 Å². The lowest BCUT2D eigenvalue weighted by Crippen LogP contribution is -2.18. The number of halogens is 3. The molecule has 2 aromatic rings. The fraction of sp³-hybridized carbons (Fsp3) is 0.0667. The molecule has 0 aliphatic rings. The Balaban J connectivity index is 2.12. The lowest BCUT2D eigenvalue weighted by Gasteiger charge is -2.04. The number of aryl methyl sites for hydroxylation is 1. The van der Waals surface area contributed by atoms with Gasteiger partial charge in [-0.2, -0.15) is 5.10 Å². The van der Waals surface area contributed by atoms with Crippen molar-refractivity contribution in [3.05, 3.63) is 69.0 Å². The molecular formula is C15H11Cl2FN2O. The number of amides is 1. The summed E-state index contributed by atoms with van der Waals surface area (Å²) in [5.41, 5.74) is 3.62. The largest absolute Gasteiger partial charge is 0.272 e. The lowest BCUT2D eigenvalue weighted by molar-refractivity contribution is 0.0955. The second-order valence-electron chi connectivity index (χ2n) is 4.32. The van der Waals surface area contributed by atoms with Gasteiger partial charge in [-0.1, -0.05) is 35.3 Å². The third kappa shape index (κ3) is 3.80. The maximum Gasteiger partial charge on any atom is 0.272 e. The first-order valence-corrected chi connectivity index (χ1v) is 6.78. The van der Waals surface area contributed by atoms with Crippen molar-refractivity contribution in [2.45, 2.75) is 6.92 Å². The molecule has 0 saturated carbocycles. The summed E-state index contributed by atoms with van der Waals surface area (Å²) in [5, 5.41) is 4.23. The Morgan fingerprint density at radius 2 is 2.00 bits per heavy atom. The van der Waals surface area contributed by atoms with Crippen molar-refractivity contribution in [3.63, 3.8) is 0 Å². The smallest absolute Gasteiger partial charge is 0.267 e. The van der Waals surface area contributed by atoms with Gasteiger partial charge in [-0.05, 0) is 36.8 Å². The summed E-state index contributed by atoms with van der Waals surface area (Å²) in [7, 11) is 0. The first-order valence-electron chi connectivity index (χ1n) is 6.02. The molecule has 2 rings (SSSR count). The molecule has 0 aliphatic heterocycles. The van der Waals surface area contributed by atoms with Crippen LogP contribution < -0.4 is 5.43 Å². The van der Waals surface area contributed by atoms with Crippen LogP contribution in [0.25, 0.3) is 0 Å². The highest BCUT2D eigenvalue weighted by molar-refractivity contribution is 6.34. The van der Waals surface area contributed by atoms with Gasteiger partial charge in [0.25, 0.3) is 5.91 Å². The van der Waals surface area contributed by atoms with E-state index in [1.165, 1.54) is 18.2 Å². The third-order valence-corrected chi connectivity index (χ3v) is 3.37. The summed E-state index contributed by atoms with van der Waals surface area (Å²) in [6, 6.07) is 9.31. The predicted molar refractivity (Wildman–Crippen MR) is 82.7 cm³/mol. The summed E-state index contributed by atoms with van der Waals surface area (Å²) >= 11 is 11.8. The van der Waals surface area contributed by atoms with Gasteiger partial charge in [0.2, 0.25) is 0 Å². The van der Waals surface area contributed by atoms with Crippen molar-refractivity contribution in [2.75, 3.05) is 0 Å². The van der Waals surface area contributed by atoms with E-state index >= 15 is 0 Å². The number of rotatable bonds is 3. The first-order chi connectivity index (χ1) is 9.99. The molecule has 1 amide bonds. The molecule has 6 heteroatoms. The number of hydrazone groups is 1. The van der Waals surface area contributed by atoms with E-state index in [9.17, 15) is 9.18 Å². The van der Waals surface area contributed by atoms with E-state index in [2.05, 4.69) is 10.5 Å². The summed E-state index contributed by atoms with van der Waals surface area (Å²) in [5.74, 6) is -1.00. The number of carbonyl (C=O) groups excluding carboxylic acids is 1. The van der Waals surface area contributed by atoms with Crippen molar-refractivity contribution in [2.24, 2.45) is 5.10 Å². The Morgan fingerprint density at radius 1 is 1.24 bits per heavy atom. The number of hydrogen-bond acceptors (Lipinski definition) is 2. The van der Waals surface area contributed by atoms with Crippen molar-refractivity contribution in [1.82, 2.24) is 5.43 Å². The molecule has 0 aromatic heterocycles. The van der Waals surface area contributed by atoms with E-state index < -0.39 is 11.7 Å². The molecule has 3 nitrogen and oxygen atoms in total. The Kier molecular flexibility index (Phi) is 4.94. The highest BCUT2D eigenvalue weighted by atomic mass is 35.5. The summed E-state index contributed by atoms with van der Waals surface area (Å²) in [6.07, 6.45) is 1.15. The number of nitrogens with zero attached hydrogens (tertiary/aromatic N) is 1. The number of carbonyl (C=O) groups is 1. The van der Waals surface area contributed by atoms with Crippen LogP contribution in [0.1, 0.15) is 21.5 Å². The van der Waals surface area contributed by atoms with Gasteiger partial charge in [-0.3, -0.25) is 4.79 Å². The molecule has 0 spiro atoms. The van der Waals surface area contributed by atoms with Gasteiger partial charge in [0, 0.05) is 5.56 Å². The molecule has 0 radical (unpaired) electrons. The maximum atomic E-state index is 13.5. The van der Waals surface area contributed by atoms with Gasteiger partial charge in [0.1, 0.15) is 5.82 Å². The van der Waals surface area contributed by atoms with Gasteiger partial charge in [0.05, 0.1) is 21.8 Å². The third-order valence-electron chi connectivity index (χ3n) is 2.73. The number of nitrogens with one attached hydrogen (secondary N) is 1. The van der Waals surface area contributed by atoms with Crippen LogP contribution in [0.15, 0.2) is 41.5 Å². The topological polar surface area (TPSA) is 41.5 Å². The maximum absolute atomic E-state index is 13.5. The Morgan fingerprint density at radius 3 is 2.67 bits per heavy atom. The normalized spacial score (nSPS) is 10.9. The molecule has 1 N–H and O–H groups in total. The average Bonchev–Trinajstić information content (AvgIpc) is 2.42. The standard InChI is InChI=1S/C15H11Cl2FN2O/c1-9-5-6-10(13(17)7-9)15(21)20-19-8-11-12(16)3-2-4-14(11)18/h2-8H,1H3,(H,20,21). The second-order valence-corrected chi connectivity index (χ2v) is 5.13. The lowest BCUT2D eigenvalue weighted by atomic mass is 10.1. The Hall–Kier alpha value is -1.91. The fourth-order valence-electron chi connectivity index (χ4n) is 1.65. The SMILES string of the molecule is Cc1ccc(C(=O)NN=Cc2c(F)cccc2Cl)c(Cl)c1. The van der Waals surface area contributed by atoms with Gasteiger partial charge in [0.15, 0.2) is 0 Å². The van der Waals surface area contributed by atoms with Crippen LogP contribution in [0.3, 0.4) is 0 Å². The predicted octanol–water partition coefficient (Wildman–Crippen LogP) is 4.20. The molecule has 0 heterocycles. The average molecular weight is 325 g/mol. The molecule has 0 unspecified atom stereocenters. The highest BCUT2D eigenvalue weighted by Crippen LogP contribution is 2.18. The quantitative estimate of drug-likeness (QED) is 0.667. The summed E-state index contributed by atoms with van der Waals surface area (Å²) in [4.78, 5) is 11.9. The zero-order valence-electron chi connectivity index (χ0n) is 11.0. The molecule has 0 bridgehead atoms. The summed E-state index contributed by atoms with van der Waals surface area (Å²) < 4.78 is 13.5. The van der Waals surface area contributed by atoms with Gasteiger partial charge >= 0.3 is 0 Å². The van der Waals surface area contributed by atoms with Gasteiger partial charge in [-0.15, -0.1) is 0 Å². The molecule has 21 heavy (non-hydrogen) atoms. The molecule has 108 valence electrons. The fourth-order valence-corrected chi connectivity index (χ4v) is 2.19. The molecule has 2 aromatic carbocycles. The van der Waals surface area contributed by atoms with Crippen molar-refractivity contribution in [1.29, 1.82) is 0 Å². The molecular weight excluding hydrogens is 314 g/mol. The van der Waals surface area contributed by atoms with Gasteiger partial charge in [-0.25, -0.2) is 9.82 Å². The van der Waals surface area contributed by atoms with Crippen molar-refractivity contribution < 1.29 is 9.18 Å². The van der Waals surface area contributed by atoms with E-state index in [-0.39, 0.29) is 10.6 Å². The Bertz CT molecular complexity index is 697. The first kappa shape index (κ1) is 15.5. The van der Waals surface area contributed by atoms with E-state index in [1.54, 1.807) is 18.2 Å². The molecule has 0 fully saturated rings. The molecule has 0 aliphatic carbocycles. The zero-order chi connectivity index (χ0) is 15.4. The second kappa shape index (κ2) is 6.70. The van der Waals surface area contributed by atoms with Crippen LogP contribution in [-0.4, -0.2) is 12.1 Å². The minimum atomic E-state index is -0.520. The van der Waals surface area contributed by atoms with Crippen molar-refractivity contribution in [3.8, 4) is 0 Å². The minimum Gasteiger partial charge on any atom is -0.267 e. The minimum absolute atomic E-state index is 0.106. The van der Waals surface area contributed by atoms with Crippen LogP contribution >= 0.6 is 23.2 Å². The van der Waals surface area contributed by atoms with Crippen LogP contribution in [-0.2, 0) is 0 Å². The van der Waals surface area contributed by atoms with Gasteiger partial charge < -0.3 is 0 Å². The van der Waals surface area contributed by atoms with Crippen LogP contribution in [0, 0.1) is 12.7 Å². The van der Waals surface area contributed by atoms with E-state index in [0.29, 0.717) is 10.6 Å². The van der Waals surface area contributed by atoms with E-state index in [0.717, 1.165) is 11.8 Å². The Labute approximate surface area is 131 Å². The van der Waals surface area contributed by atoms with Crippen molar-refractivity contribution >= 4 is 35.3 Å². The highest BCUT2D eigenvalue weighted by Gasteiger charge is 2.09. The monoisotopic (exact) mass is 324 g/mol. The number of benzene rings is 2. The summed E-state index contributed by atoms with van der Waals surface area (Å²) in [6.45, 7) is 1.87. The van der Waals surface area contributed by atoms with E-state index in [1.807, 2.05) is 6.92 Å². The van der Waals surface area contributed by atoms with Crippen LogP contribution in [0.5, 0.6) is 0 Å². The van der Waals surface area contributed by atoms with E-state index in [4.69, 9.17) is 23.2 Å².